The molecule has 1 atom stereocenters. The quantitative estimate of drug-likeness (QED) is 0.838. The number of carbonyl (C=O) groups is 1. The highest BCUT2D eigenvalue weighted by Gasteiger charge is 2.25. The molecule has 0 saturated carbocycles. The van der Waals surface area contributed by atoms with Gasteiger partial charge in [0.05, 0.1) is 6.10 Å². The van der Waals surface area contributed by atoms with E-state index >= 15 is 0 Å². The summed E-state index contributed by atoms with van der Waals surface area (Å²) in [7, 11) is 0. The van der Waals surface area contributed by atoms with E-state index in [1.807, 2.05) is 17.2 Å². The number of nitrogens with zero attached hydrogens (tertiary/aromatic N) is 4. The fourth-order valence-corrected chi connectivity index (χ4v) is 4.45. The minimum atomic E-state index is 0.0326. The second kappa shape index (κ2) is 9.56. The van der Waals surface area contributed by atoms with Crippen LogP contribution in [0.3, 0.4) is 0 Å². The van der Waals surface area contributed by atoms with E-state index in [2.05, 4.69) is 26.2 Å². The van der Waals surface area contributed by atoms with Crippen molar-refractivity contribution in [2.45, 2.75) is 44.8 Å². The second-order valence-electron chi connectivity index (χ2n) is 8.12. The molecular weight excluding hydrogens is 354 g/mol. The van der Waals surface area contributed by atoms with Crippen LogP contribution in [0.5, 0.6) is 0 Å². The first kappa shape index (κ1) is 19.5. The van der Waals surface area contributed by atoms with Crippen LogP contribution in [0.2, 0.25) is 0 Å². The lowest BCUT2D eigenvalue weighted by atomic mass is 10.1. The molecule has 7 nitrogen and oxygen atoms in total. The Hall–Kier alpha value is -1.86. The van der Waals surface area contributed by atoms with Crippen LogP contribution in [0.4, 0.5) is 10.6 Å². The van der Waals surface area contributed by atoms with E-state index in [4.69, 9.17) is 4.74 Å². The van der Waals surface area contributed by atoms with Crippen molar-refractivity contribution in [3.8, 4) is 0 Å². The van der Waals surface area contributed by atoms with Crippen LogP contribution in [-0.4, -0.2) is 79.3 Å². The molecule has 1 aromatic rings. The highest BCUT2D eigenvalue weighted by Crippen LogP contribution is 2.21. The van der Waals surface area contributed by atoms with Crippen molar-refractivity contribution < 1.29 is 9.53 Å². The maximum Gasteiger partial charge on any atom is 0.317 e. The third-order valence-corrected chi connectivity index (χ3v) is 6.10. The van der Waals surface area contributed by atoms with Crippen molar-refractivity contribution >= 4 is 11.8 Å². The van der Waals surface area contributed by atoms with Gasteiger partial charge >= 0.3 is 6.03 Å². The van der Waals surface area contributed by atoms with Gasteiger partial charge in [0.2, 0.25) is 0 Å². The SMILES string of the molecule is O=C(NCc1cccnc1N1CCCCC1)N1CCN(CC2CCCO2)CC1. The number of rotatable bonds is 5. The maximum absolute atomic E-state index is 12.6. The number of hydrogen-bond donors (Lipinski definition) is 1. The highest BCUT2D eigenvalue weighted by atomic mass is 16.5. The molecule has 3 fully saturated rings. The lowest BCUT2D eigenvalue weighted by molar-refractivity contribution is 0.0561. The van der Waals surface area contributed by atoms with Crippen LogP contribution in [-0.2, 0) is 11.3 Å². The molecule has 2 amide bonds. The zero-order chi connectivity index (χ0) is 19.2. The number of amides is 2. The molecule has 3 saturated heterocycles. The van der Waals surface area contributed by atoms with E-state index in [0.717, 1.165) is 63.8 Å². The van der Waals surface area contributed by atoms with Crippen molar-refractivity contribution in [2.75, 3.05) is 57.3 Å². The molecule has 1 unspecified atom stereocenters. The maximum atomic E-state index is 12.6. The van der Waals surface area contributed by atoms with Crippen molar-refractivity contribution in [1.82, 2.24) is 20.1 Å². The Labute approximate surface area is 168 Å². The van der Waals surface area contributed by atoms with Gasteiger partial charge in [-0.15, -0.1) is 0 Å². The van der Waals surface area contributed by atoms with Gasteiger partial charge in [-0.3, -0.25) is 4.90 Å². The summed E-state index contributed by atoms with van der Waals surface area (Å²) in [4.78, 5) is 24.0. The van der Waals surface area contributed by atoms with Gasteiger partial charge in [0, 0.05) is 70.7 Å². The predicted octanol–water partition coefficient (Wildman–Crippen LogP) is 2.08. The van der Waals surface area contributed by atoms with Gasteiger partial charge in [-0.25, -0.2) is 9.78 Å². The van der Waals surface area contributed by atoms with Crippen molar-refractivity contribution in [2.24, 2.45) is 0 Å². The average molecular weight is 388 g/mol. The van der Waals surface area contributed by atoms with Crippen LogP contribution < -0.4 is 10.2 Å². The average Bonchev–Trinajstić information content (AvgIpc) is 3.26. The summed E-state index contributed by atoms with van der Waals surface area (Å²) in [5.41, 5.74) is 1.11. The third kappa shape index (κ3) is 4.94. The number of ether oxygens (including phenoxy) is 1. The zero-order valence-electron chi connectivity index (χ0n) is 16.8. The standard InChI is InChI=1S/C21H33N5O2/c27-21(26-13-11-24(12-14-26)17-19-7-5-15-28-19)23-16-18-6-4-8-22-20(18)25-9-2-1-3-10-25/h4,6,8,19H,1-3,5,7,9-17H2,(H,23,27). The van der Waals surface area contributed by atoms with E-state index in [0.29, 0.717) is 12.6 Å². The Balaban J connectivity index is 1.25. The molecule has 0 bridgehead atoms. The molecule has 1 N–H and O–H groups in total. The van der Waals surface area contributed by atoms with Gasteiger partial charge in [0.15, 0.2) is 0 Å². The molecule has 1 aromatic heterocycles. The summed E-state index contributed by atoms with van der Waals surface area (Å²) < 4.78 is 5.73. The van der Waals surface area contributed by atoms with Crippen molar-refractivity contribution in [1.29, 1.82) is 0 Å². The van der Waals surface area contributed by atoms with Crippen molar-refractivity contribution in [3.05, 3.63) is 23.9 Å². The Morgan fingerprint density at radius 1 is 1.11 bits per heavy atom. The summed E-state index contributed by atoms with van der Waals surface area (Å²) >= 11 is 0. The first-order chi connectivity index (χ1) is 13.8. The lowest BCUT2D eigenvalue weighted by Gasteiger charge is -2.35. The molecule has 0 spiro atoms. The lowest BCUT2D eigenvalue weighted by Crippen LogP contribution is -2.52. The van der Waals surface area contributed by atoms with Crippen LogP contribution in [0.1, 0.15) is 37.7 Å². The highest BCUT2D eigenvalue weighted by molar-refractivity contribution is 5.74. The molecule has 4 rings (SSSR count). The second-order valence-corrected chi connectivity index (χ2v) is 8.12. The summed E-state index contributed by atoms with van der Waals surface area (Å²) in [6, 6.07) is 4.07. The van der Waals surface area contributed by atoms with E-state index < -0.39 is 0 Å². The molecule has 28 heavy (non-hydrogen) atoms. The molecule has 154 valence electrons. The minimum Gasteiger partial charge on any atom is -0.377 e. The Bertz CT molecular complexity index is 635. The monoisotopic (exact) mass is 387 g/mol. The smallest absolute Gasteiger partial charge is 0.317 e. The first-order valence-corrected chi connectivity index (χ1v) is 10.9. The number of hydrogen-bond acceptors (Lipinski definition) is 5. The van der Waals surface area contributed by atoms with Crippen LogP contribution >= 0.6 is 0 Å². The number of aromatic nitrogens is 1. The fourth-order valence-electron chi connectivity index (χ4n) is 4.45. The normalized spacial score (nSPS) is 23.8. The van der Waals surface area contributed by atoms with Crippen LogP contribution in [0, 0.1) is 0 Å². The molecule has 7 heteroatoms. The number of piperidine rings is 1. The van der Waals surface area contributed by atoms with E-state index in [1.54, 1.807) is 0 Å². The molecule has 4 heterocycles. The predicted molar refractivity (Wildman–Crippen MR) is 110 cm³/mol. The van der Waals surface area contributed by atoms with E-state index in [9.17, 15) is 4.79 Å². The Morgan fingerprint density at radius 2 is 1.93 bits per heavy atom. The van der Waals surface area contributed by atoms with Crippen molar-refractivity contribution in [3.63, 3.8) is 0 Å². The molecule has 0 aromatic carbocycles. The van der Waals surface area contributed by atoms with Gasteiger partial charge in [-0.05, 0) is 38.2 Å². The molecule has 0 radical (unpaired) electrons. The summed E-state index contributed by atoms with van der Waals surface area (Å²) in [6.07, 6.45) is 8.33. The Morgan fingerprint density at radius 3 is 2.68 bits per heavy atom. The summed E-state index contributed by atoms with van der Waals surface area (Å²) in [5, 5.41) is 3.11. The van der Waals surface area contributed by atoms with Gasteiger partial charge in [-0.2, -0.15) is 0 Å². The summed E-state index contributed by atoms with van der Waals surface area (Å²) in [6.45, 7) is 7.99. The van der Waals surface area contributed by atoms with Gasteiger partial charge in [-0.1, -0.05) is 6.07 Å². The Kier molecular flexibility index (Phi) is 6.65. The minimum absolute atomic E-state index is 0.0326. The van der Waals surface area contributed by atoms with Gasteiger partial charge < -0.3 is 19.9 Å². The number of piperazine rings is 1. The molecule has 3 aliphatic rings. The number of pyridine rings is 1. The number of nitrogens with one attached hydrogen (secondary N) is 1. The summed E-state index contributed by atoms with van der Waals surface area (Å²) in [5.74, 6) is 1.03. The topological polar surface area (TPSA) is 60.9 Å². The molecular formula is C21H33N5O2. The first-order valence-electron chi connectivity index (χ1n) is 10.9. The largest absolute Gasteiger partial charge is 0.377 e. The molecule has 0 aliphatic carbocycles. The fraction of sp³-hybridized carbons (Fsp3) is 0.714. The number of urea groups is 1. The van der Waals surface area contributed by atoms with Crippen LogP contribution in [0.15, 0.2) is 18.3 Å². The number of carbonyl (C=O) groups excluding carboxylic acids is 1. The van der Waals surface area contributed by atoms with Crippen LogP contribution in [0.25, 0.3) is 0 Å². The van der Waals surface area contributed by atoms with Gasteiger partial charge in [0.25, 0.3) is 0 Å². The zero-order valence-corrected chi connectivity index (χ0v) is 16.8. The van der Waals surface area contributed by atoms with E-state index in [-0.39, 0.29) is 6.03 Å². The molecule has 3 aliphatic heterocycles. The third-order valence-electron chi connectivity index (χ3n) is 6.10. The van der Waals surface area contributed by atoms with Gasteiger partial charge in [0.1, 0.15) is 5.82 Å². The van der Waals surface area contributed by atoms with E-state index in [1.165, 1.54) is 32.1 Å². The number of anilines is 1.